The number of piperazine rings is 1. The topological polar surface area (TPSA) is 126 Å². The van der Waals surface area contributed by atoms with Gasteiger partial charge >= 0.3 is 12.0 Å². The maximum absolute atomic E-state index is 12.6. The summed E-state index contributed by atoms with van der Waals surface area (Å²) in [6.45, 7) is 12.1. The highest BCUT2D eigenvalue weighted by Gasteiger charge is 2.35. The molecule has 0 aliphatic carbocycles. The first-order valence-corrected chi connectivity index (χ1v) is 18.1. The van der Waals surface area contributed by atoms with Crippen molar-refractivity contribution in [1.29, 1.82) is 5.26 Å². The number of rotatable bonds is 11. The molecule has 1 amide bonds. The Morgan fingerprint density at radius 1 is 1.12 bits per heavy atom. The van der Waals surface area contributed by atoms with E-state index < -0.39 is 11.4 Å². The fourth-order valence-corrected chi connectivity index (χ4v) is 8.07. The van der Waals surface area contributed by atoms with Crippen molar-refractivity contribution in [1.82, 2.24) is 19.8 Å². The first kappa shape index (κ1) is 34.9. The van der Waals surface area contributed by atoms with Crippen molar-refractivity contribution in [2.75, 3.05) is 55.7 Å². The van der Waals surface area contributed by atoms with Crippen LogP contribution in [0.4, 0.5) is 11.5 Å². The number of carbonyl (C=O) groups excluding carboxylic acids is 1. The normalized spacial score (nSPS) is 19.8. The van der Waals surface area contributed by atoms with Crippen LogP contribution in [-0.2, 0) is 22.6 Å². The number of carbonyl (C=O) groups is 2. The standard InChI is InChI=1S/C37H44IN7O4/c1-4-32(46)45-21-20-44(22-26(45)13-16-39)34-28-14-18-43(31-12-6-9-25-8-5-11-29(38)33(25)31)23-30(28)40-36(41-34)49-24-27-10-7-17-42(27)19-15-37(2,3)35(47)48/h4-6,8-9,11-12,26-27H,1,7,10,13-15,17-24H2,2-3H3,(H,47,48)/t26-,27-/m0/s1. The minimum absolute atomic E-state index is 0.149. The summed E-state index contributed by atoms with van der Waals surface area (Å²) in [4.78, 5) is 43.0. The highest BCUT2D eigenvalue weighted by atomic mass is 127. The molecule has 2 atom stereocenters. The molecule has 0 radical (unpaired) electrons. The molecular formula is C37H44IN7O4. The molecule has 1 N–H and O–H groups in total. The Labute approximate surface area is 301 Å². The van der Waals surface area contributed by atoms with E-state index in [9.17, 15) is 20.0 Å². The number of amides is 1. The number of likely N-dealkylation sites (tertiary alicyclic amines) is 1. The van der Waals surface area contributed by atoms with E-state index in [2.05, 4.69) is 86.3 Å². The predicted octanol–water partition coefficient (Wildman–Crippen LogP) is 5.26. The quantitative estimate of drug-likeness (QED) is 0.204. The van der Waals surface area contributed by atoms with Crippen molar-refractivity contribution < 1.29 is 19.4 Å². The van der Waals surface area contributed by atoms with Crippen molar-refractivity contribution in [2.24, 2.45) is 5.41 Å². The molecule has 1 aromatic heterocycles. The van der Waals surface area contributed by atoms with E-state index in [1.165, 1.54) is 26.1 Å². The van der Waals surface area contributed by atoms with E-state index in [4.69, 9.17) is 14.7 Å². The van der Waals surface area contributed by atoms with Gasteiger partial charge in [-0.25, -0.2) is 0 Å². The molecule has 0 saturated carbocycles. The van der Waals surface area contributed by atoms with Crippen LogP contribution in [0.25, 0.3) is 10.8 Å². The number of nitriles is 1. The lowest BCUT2D eigenvalue weighted by Gasteiger charge is -2.42. The Kier molecular flexibility index (Phi) is 10.6. The van der Waals surface area contributed by atoms with Crippen molar-refractivity contribution in [3.05, 3.63) is 63.9 Å². The number of aromatic nitrogens is 2. The number of ether oxygens (including phenoxy) is 1. The summed E-state index contributed by atoms with van der Waals surface area (Å²) in [6.07, 6.45) is 4.84. The zero-order chi connectivity index (χ0) is 34.7. The van der Waals surface area contributed by atoms with Gasteiger partial charge in [-0.05, 0) is 98.8 Å². The SMILES string of the molecule is C=CC(=O)N1CCN(c2nc(OC[C@@H]3CCCN3CCC(C)(C)C(=O)O)nc3c2CCN(c2cccc4cccc(I)c24)C3)C[C@@H]1CC#N. The number of nitrogens with zero attached hydrogens (tertiary/aromatic N) is 7. The summed E-state index contributed by atoms with van der Waals surface area (Å²) in [6, 6.07) is 15.3. The van der Waals surface area contributed by atoms with Crippen LogP contribution in [0.15, 0.2) is 49.1 Å². The summed E-state index contributed by atoms with van der Waals surface area (Å²) in [5.41, 5.74) is 2.38. The molecule has 3 aromatic rings. The van der Waals surface area contributed by atoms with Gasteiger partial charge in [-0.3, -0.25) is 14.5 Å². The molecule has 2 saturated heterocycles. The van der Waals surface area contributed by atoms with Gasteiger partial charge in [0.1, 0.15) is 12.4 Å². The van der Waals surface area contributed by atoms with Crippen molar-refractivity contribution in [3.63, 3.8) is 0 Å². The van der Waals surface area contributed by atoms with Gasteiger partial charge in [-0.2, -0.15) is 15.2 Å². The zero-order valence-corrected chi connectivity index (χ0v) is 30.4. The fourth-order valence-electron chi connectivity index (χ4n) is 7.27. The molecule has 258 valence electrons. The van der Waals surface area contributed by atoms with Crippen molar-refractivity contribution >= 4 is 56.7 Å². The van der Waals surface area contributed by atoms with Crippen molar-refractivity contribution in [2.45, 2.75) is 64.6 Å². The summed E-state index contributed by atoms with van der Waals surface area (Å²) in [7, 11) is 0. The van der Waals surface area contributed by atoms with Crippen LogP contribution >= 0.6 is 22.6 Å². The summed E-state index contributed by atoms with van der Waals surface area (Å²) in [5, 5.41) is 21.6. The Hall–Kier alpha value is -3.96. The van der Waals surface area contributed by atoms with Gasteiger partial charge in [0.15, 0.2) is 0 Å². The zero-order valence-electron chi connectivity index (χ0n) is 28.3. The molecule has 3 aliphatic heterocycles. The molecule has 49 heavy (non-hydrogen) atoms. The predicted molar refractivity (Wildman–Crippen MR) is 198 cm³/mol. The van der Waals surface area contributed by atoms with Crippen molar-refractivity contribution in [3.8, 4) is 12.1 Å². The van der Waals surface area contributed by atoms with Gasteiger partial charge in [-0.1, -0.05) is 30.8 Å². The maximum atomic E-state index is 12.6. The number of carboxylic acids is 1. The van der Waals surface area contributed by atoms with E-state index in [-0.39, 0.29) is 24.4 Å². The van der Waals surface area contributed by atoms with Crippen LogP contribution in [0.3, 0.4) is 0 Å². The second-order valence-electron chi connectivity index (χ2n) is 13.8. The second-order valence-corrected chi connectivity index (χ2v) is 15.0. The van der Waals surface area contributed by atoms with E-state index in [1.807, 2.05) is 0 Å². The molecule has 0 spiro atoms. The third-order valence-corrected chi connectivity index (χ3v) is 11.2. The number of hydrogen-bond donors (Lipinski definition) is 1. The monoisotopic (exact) mass is 777 g/mol. The first-order chi connectivity index (χ1) is 23.6. The highest BCUT2D eigenvalue weighted by molar-refractivity contribution is 14.1. The largest absolute Gasteiger partial charge is 0.481 e. The number of aliphatic carboxylic acids is 1. The lowest BCUT2D eigenvalue weighted by molar-refractivity contribution is -0.147. The number of hydrogen-bond acceptors (Lipinski definition) is 9. The van der Waals surface area contributed by atoms with Crippen LogP contribution in [0, 0.1) is 20.3 Å². The average Bonchev–Trinajstić information content (AvgIpc) is 3.56. The number of halogens is 1. The molecule has 3 aliphatic rings. The van der Waals surface area contributed by atoms with E-state index >= 15 is 0 Å². The summed E-state index contributed by atoms with van der Waals surface area (Å²) >= 11 is 2.41. The maximum Gasteiger partial charge on any atom is 0.318 e. The van der Waals surface area contributed by atoms with Gasteiger partial charge < -0.3 is 24.5 Å². The molecule has 2 fully saturated rings. The Bertz CT molecular complexity index is 1770. The second kappa shape index (κ2) is 14.9. The van der Waals surface area contributed by atoms with Gasteiger partial charge in [0.25, 0.3) is 0 Å². The molecule has 0 bridgehead atoms. The minimum Gasteiger partial charge on any atom is -0.481 e. The molecule has 6 rings (SSSR count). The first-order valence-electron chi connectivity index (χ1n) is 17.1. The summed E-state index contributed by atoms with van der Waals surface area (Å²) < 4.78 is 7.62. The van der Waals surface area contributed by atoms with Crippen LogP contribution in [0.1, 0.15) is 50.8 Å². The van der Waals surface area contributed by atoms with E-state index in [0.29, 0.717) is 51.8 Å². The van der Waals surface area contributed by atoms with Gasteiger partial charge in [0.2, 0.25) is 5.91 Å². The van der Waals surface area contributed by atoms with Gasteiger partial charge in [0, 0.05) is 52.4 Å². The van der Waals surface area contributed by atoms with Gasteiger partial charge in [-0.15, -0.1) is 0 Å². The lowest BCUT2D eigenvalue weighted by Crippen LogP contribution is -2.55. The van der Waals surface area contributed by atoms with E-state index in [0.717, 1.165) is 49.4 Å². The Morgan fingerprint density at radius 3 is 2.67 bits per heavy atom. The molecule has 2 aromatic carbocycles. The Morgan fingerprint density at radius 2 is 1.92 bits per heavy atom. The third kappa shape index (κ3) is 7.48. The molecule has 4 heterocycles. The van der Waals surface area contributed by atoms with Crippen LogP contribution in [0.5, 0.6) is 6.01 Å². The van der Waals surface area contributed by atoms with Crippen LogP contribution < -0.4 is 14.5 Å². The molecule has 0 unspecified atom stereocenters. The molecule has 11 nitrogen and oxygen atoms in total. The average molecular weight is 778 g/mol. The van der Waals surface area contributed by atoms with Crippen LogP contribution in [0.2, 0.25) is 0 Å². The fraction of sp³-hybridized carbons (Fsp3) is 0.486. The number of anilines is 2. The number of carboxylic acid groups (broad SMARTS) is 1. The third-order valence-electron chi connectivity index (χ3n) is 10.3. The Balaban J connectivity index is 1.29. The van der Waals surface area contributed by atoms with Crippen LogP contribution in [-0.4, -0.2) is 94.7 Å². The van der Waals surface area contributed by atoms with E-state index in [1.54, 1.807) is 18.7 Å². The summed E-state index contributed by atoms with van der Waals surface area (Å²) in [5.74, 6) is -0.136. The smallest absolute Gasteiger partial charge is 0.318 e. The number of benzene rings is 2. The minimum atomic E-state index is -0.789. The molecular weight excluding hydrogens is 733 g/mol. The molecule has 12 heteroatoms. The number of fused-ring (bicyclic) bond motifs is 2. The van der Waals surface area contributed by atoms with Gasteiger partial charge in [0.05, 0.1) is 36.2 Å². The highest BCUT2D eigenvalue weighted by Crippen LogP contribution is 2.36. The lowest BCUT2D eigenvalue weighted by atomic mass is 9.89.